The van der Waals surface area contributed by atoms with Gasteiger partial charge in [0.25, 0.3) is 5.91 Å². The summed E-state index contributed by atoms with van der Waals surface area (Å²) >= 11 is 4.45. The first kappa shape index (κ1) is 19.9. The summed E-state index contributed by atoms with van der Waals surface area (Å²) in [4.78, 5) is 12.0. The number of carbonyl (C=O) groups excluding carboxylic acids is 1. The maximum Gasteiger partial charge on any atom is 0.259 e. The average Bonchev–Trinajstić information content (AvgIpc) is 2.66. The highest BCUT2D eigenvalue weighted by Gasteiger charge is 2.07. The molecule has 0 heterocycles. The molecule has 0 unspecified atom stereocenters. The average molecular weight is 585 g/mol. The lowest BCUT2D eigenvalue weighted by molar-refractivity contribution is -0.119. The van der Waals surface area contributed by atoms with Crippen LogP contribution in [0.5, 0.6) is 5.75 Å². The van der Waals surface area contributed by atoms with E-state index in [0.717, 1.165) is 34.9 Å². The van der Waals surface area contributed by atoms with E-state index in [9.17, 15) is 4.79 Å². The summed E-state index contributed by atoms with van der Waals surface area (Å²) in [5.41, 5.74) is 4.24. The number of hydrazone groups is 1. The van der Waals surface area contributed by atoms with E-state index in [1.807, 2.05) is 48.5 Å². The first-order valence-electron chi connectivity index (χ1n) is 8.14. The molecule has 0 atom stereocenters. The van der Waals surface area contributed by atoms with Gasteiger partial charge in [-0.1, -0.05) is 30.3 Å². The molecule has 0 aliphatic heterocycles. The minimum absolute atomic E-state index is 0.136. The lowest BCUT2D eigenvalue weighted by atomic mass is 10.1. The highest BCUT2D eigenvalue weighted by Crippen LogP contribution is 2.26. The Morgan fingerprint density at radius 2 is 1.89 bits per heavy atom. The number of nitrogens with one attached hydrogen (secondary N) is 2. The van der Waals surface area contributed by atoms with Gasteiger partial charge in [-0.2, -0.15) is 5.10 Å². The maximum atomic E-state index is 12.0. The third-order valence-electron chi connectivity index (χ3n) is 3.84. The molecule has 3 aromatic carbocycles. The van der Waals surface area contributed by atoms with Crippen molar-refractivity contribution < 1.29 is 9.53 Å². The zero-order valence-electron chi connectivity index (χ0n) is 14.5. The van der Waals surface area contributed by atoms with Crippen molar-refractivity contribution in [3.63, 3.8) is 0 Å². The molecule has 0 saturated heterocycles. The number of hydrogen-bond donors (Lipinski definition) is 2. The van der Waals surface area contributed by atoms with Crippen molar-refractivity contribution in [1.82, 2.24) is 5.43 Å². The molecular formula is C20H17I2N3O2. The Labute approximate surface area is 184 Å². The number of fused-ring (bicyclic) bond motifs is 1. The number of nitrogens with zero attached hydrogens (tertiary/aromatic N) is 1. The molecule has 0 saturated carbocycles. The quantitative estimate of drug-likeness (QED) is 0.252. The summed E-state index contributed by atoms with van der Waals surface area (Å²) < 4.78 is 7.47. The number of halogens is 2. The Hall–Kier alpha value is -1.88. The van der Waals surface area contributed by atoms with E-state index in [2.05, 4.69) is 67.1 Å². The number of hydrogen-bond acceptors (Lipinski definition) is 4. The van der Waals surface area contributed by atoms with Crippen molar-refractivity contribution in [1.29, 1.82) is 0 Å². The van der Waals surface area contributed by atoms with Crippen LogP contribution in [0, 0.1) is 7.14 Å². The number of anilines is 1. The van der Waals surface area contributed by atoms with Gasteiger partial charge < -0.3 is 10.1 Å². The molecule has 1 amide bonds. The van der Waals surface area contributed by atoms with Crippen molar-refractivity contribution in [2.75, 3.05) is 19.0 Å². The largest absolute Gasteiger partial charge is 0.495 e. The second-order valence-electron chi connectivity index (χ2n) is 5.72. The monoisotopic (exact) mass is 585 g/mol. The van der Waals surface area contributed by atoms with Crippen LogP contribution in [0.25, 0.3) is 10.8 Å². The molecule has 2 N–H and O–H groups in total. The molecule has 138 valence electrons. The molecule has 0 aliphatic rings. The molecular weight excluding hydrogens is 568 g/mol. The van der Waals surface area contributed by atoms with Crippen molar-refractivity contribution in [3.05, 3.63) is 67.3 Å². The normalized spacial score (nSPS) is 10.9. The summed E-state index contributed by atoms with van der Waals surface area (Å²) in [5.74, 6) is 0.516. The number of benzene rings is 3. The molecule has 0 aliphatic carbocycles. The summed E-state index contributed by atoms with van der Waals surface area (Å²) in [5, 5.41) is 9.45. The molecule has 5 nitrogen and oxygen atoms in total. The number of ether oxygens (including phenoxy) is 1. The number of methoxy groups -OCH3 is 1. The summed E-state index contributed by atoms with van der Waals surface area (Å²) in [6, 6.07) is 18.1. The number of rotatable bonds is 6. The van der Waals surface area contributed by atoms with Gasteiger partial charge in [0.05, 0.1) is 23.4 Å². The Bertz CT molecular complexity index is 1010. The van der Waals surface area contributed by atoms with Gasteiger partial charge in [0, 0.05) is 14.8 Å². The molecule has 3 rings (SSSR count). The van der Waals surface area contributed by atoms with Gasteiger partial charge in [-0.05, 0) is 80.2 Å². The molecule has 3 aromatic rings. The highest BCUT2D eigenvalue weighted by molar-refractivity contribution is 14.1. The fraction of sp³-hybridized carbons (Fsp3) is 0.100. The van der Waals surface area contributed by atoms with Crippen molar-refractivity contribution >= 4 is 73.8 Å². The van der Waals surface area contributed by atoms with E-state index in [1.54, 1.807) is 13.3 Å². The van der Waals surface area contributed by atoms with Crippen LogP contribution in [0.4, 0.5) is 5.69 Å². The van der Waals surface area contributed by atoms with E-state index >= 15 is 0 Å². The zero-order chi connectivity index (χ0) is 19.2. The number of carbonyl (C=O) groups is 1. The van der Waals surface area contributed by atoms with Gasteiger partial charge in [-0.3, -0.25) is 4.79 Å². The lowest BCUT2D eigenvalue weighted by Crippen LogP contribution is -2.25. The zero-order valence-corrected chi connectivity index (χ0v) is 18.8. The molecule has 0 bridgehead atoms. The standard InChI is InChI=1S/C20H17I2N3O2/c1-27-20-15(8-16(21)10-18(20)22)11-24-25-19(26)12-23-17-7-6-13-4-2-3-5-14(13)9-17/h2-11,23H,12H2,1H3,(H,25,26)/b24-11+. The Morgan fingerprint density at radius 1 is 1.11 bits per heavy atom. The SMILES string of the molecule is COc1c(I)cc(I)cc1/C=N/NC(=O)CNc1ccc2ccccc2c1. The molecule has 0 fully saturated rings. The van der Waals surface area contributed by atoms with Gasteiger partial charge in [0.1, 0.15) is 5.75 Å². The van der Waals surface area contributed by atoms with E-state index in [-0.39, 0.29) is 12.5 Å². The molecule has 7 heteroatoms. The molecule has 0 spiro atoms. The minimum atomic E-state index is -0.223. The predicted molar refractivity (Wildman–Crippen MR) is 127 cm³/mol. The van der Waals surface area contributed by atoms with E-state index < -0.39 is 0 Å². The third-order valence-corrected chi connectivity index (χ3v) is 5.26. The second-order valence-corrected chi connectivity index (χ2v) is 8.13. The van der Waals surface area contributed by atoms with Crippen LogP contribution in [0.2, 0.25) is 0 Å². The first-order chi connectivity index (χ1) is 13.1. The van der Waals surface area contributed by atoms with Crippen molar-refractivity contribution in [2.45, 2.75) is 0 Å². The van der Waals surface area contributed by atoms with Gasteiger partial charge in [-0.25, -0.2) is 5.43 Å². The number of amides is 1. The molecule has 27 heavy (non-hydrogen) atoms. The molecule has 0 radical (unpaired) electrons. The van der Waals surface area contributed by atoms with Crippen LogP contribution < -0.4 is 15.5 Å². The first-order valence-corrected chi connectivity index (χ1v) is 10.3. The minimum Gasteiger partial charge on any atom is -0.495 e. The van der Waals surface area contributed by atoms with Crippen LogP contribution >= 0.6 is 45.2 Å². The van der Waals surface area contributed by atoms with Crippen LogP contribution in [0.1, 0.15) is 5.56 Å². The third kappa shape index (κ3) is 5.32. The van der Waals surface area contributed by atoms with E-state index in [1.165, 1.54) is 0 Å². The van der Waals surface area contributed by atoms with Crippen molar-refractivity contribution in [2.24, 2.45) is 5.10 Å². The van der Waals surface area contributed by atoms with E-state index in [4.69, 9.17) is 4.74 Å². The summed E-state index contributed by atoms with van der Waals surface area (Å²) in [6.45, 7) is 0.136. The fourth-order valence-corrected chi connectivity index (χ4v) is 4.70. The molecule has 0 aromatic heterocycles. The smallest absolute Gasteiger partial charge is 0.259 e. The van der Waals surface area contributed by atoms with Gasteiger partial charge in [0.15, 0.2) is 0 Å². The van der Waals surface area contributed by atoms with Gasteiger partial charge in [0.2, 0.25) is 0 Å². The van der Waals surface area contributed by atoms with Crippen LogP contribution in [0.15, 0.2) is 59.7 Å². The van der Waals surface area contributed by atoms with E-state index in [0.29, 0.717) is 0 Å². The topological polar surface area (TPSA) is 62.7 Å². The summed E-state index contributed by atoms with van der Waals surface area (Å²) in [7, 11) is 1.62. The van der Waals surface area contributed by atoms with Crippen LogP contribution in [-0.4, -0.2) is 25.8 Å². The Balaban J connectivity index is 1.58. The van der Waals surface area contributed by atoms with Crippen molar-refractivity contribution in [3.8, 4) is 5.75 Å². The summed E-state index contributed by atoms with van der Waals surface area (Å²) in [6.07, 6.45) is 1.59. The fourth-order valence-electron chi connectivity index (χ4n) is 2.59. The maximum absolute atomic E-state index is 12.0. The lowest BCUT2D eigenvalue weighted by Gasteiger charge is -2.08. The highest BCUT2D eigenvalue weighted by atomic mass is 127. The Morgan fingerprint density at radius 3 is 2.67 bits per heavy atom. The van der Waals surface area contributed by atoms with Gasteiger partial charge in [-0.15, -0.1) is 0 Å². The second kappa shape index (κ2) is 9.36. The van der Waals surface area contributed by atoms with Crippen LogP contribution in [0.3, 0.4) is 0 Å². The Kier molecular flexibility index (Phi) is 6.89. The predicted octanol–water partition coefficient (Wildman–Crippen LogP) is 4.62. The van der Waals surface area contributed by atoms with Gasteiger partial charge >= 0.3 is 0 Å². The van der Waals surface area contributed by atoms with Crippen LogP contribution in [-0.2, 0) is 4.79 Å².